The van der Waals surface area contributed by atoms with Crippen molar-refractivity contribution in [3.63, 3.8) is 0 Å². The minimum absolute atomic E-state index is 0. The molecule has 0 radical (unpaired) electrons. The van der Waals surface area contributed by atoms with E-state index in [9.17, 15) is 0 Å². The fourth-order valence-corrected chi connectivity index (χ4v) is 1.21. The van der Waals surface area contributed by atoms with Crippen LogP contribution >= 0.6 is 12.4 Å². The lowest BCUT2D eigenvalue weighted by atomic mass is 10.1. The lowest BCUT2D eigenvalue weighted by Crippen LogP contribution is -2.04. The molecule has 1 rings (SSSR count). The highest BCUT2D eigenvalue weighted by molar-refractivity contribution is 5.85. The third kappa shape index (κ3) is 4.27. The number of rotatable bonds is 4. The predicted octanol–water partition coefficient (Wildman–Crippen LogP) is 1.11. The zero-order chi connectivity index (χ0) is 8.81. The fourth-order valence-electron chi connectivity index (χ4n) is 1.21. The normalized spacial score (nSPS) is 9.38. The molecule has 0 aromatic heterocycles. The Hall–Kier alpha value is -0.570. The molecule has 0 spiro atoms. The van der Waals surface area contributed by atoms with Crippen LogP contribution in [0.4, 0.5) is 0 Å². The van der Waals surface area contributed by atoms with Crippen LogP contribution in [0.3, 0.4) is 0 Å². The van der Waals surface area contributed by atoms with Gasteiger partial charge in [0.25, 0.3) is 0 Å². The van der Waals surface area contributed by atoms with E-state index in [0.29, 0.717) is 0 Å². The SMILES string of the molecule is Cl.NCCc1ccc(CCN)cc1. The first-order valence-electron chi connectivity index (χ1n) is 4.34. The number of hydrogen-bond donors (Lipinski definition) is 2. The Morgan fingerprint density at radius 2 is 1.08 bits per heavy atom. The molecular weight excluding hydrogens is 184 g/mol. The lowest BCUT2D eigenvalue weighted by molar-refractivity contribution is 0.949. The number of benzene rings is 1. The molecule has 0 saturated carbocycles. The van der Waals surface area contributed by atoms with Crippen molar-refractivity contribution in [2.45, 2.75) is 12.8 Å². The van der Waals surface area contributed by atoms with Gasteiger partial charge in [-0.1, -0.05) is 24.3 Å². The molecule has 0 atom stereocenters. The maximum Gasteiger partial charge on any atom is -0.00367 e. The predicted molar refractivity (Wildman–Crippen MR) is 59.2 cm³/mol. The van der Waals surface area contributed by atoms with E-state index in [1.54, 1.807) is 0 Å². The maximum absolute atomic E-state index is 5.44. The smallest absolute Gasteiger partial charge is 0.00367 e. The molecule has 0 aliphatic rings. The van der Waals surface area contributed by atoms with Gasteiger partial charge >= 0.3 is 0 Å². The first kappa shape index (κ1) is 12.4. The Morgan fingerprint density at radius 3 is 1.31 bits per heavy atom. The van der Waals surface area contributed by atoms with Gasteiger partial charge < -0.3 is 11.5 Å². The highest BCUT2D eigenvalue weighted by Crippen LogP contribution is 2.04. The van der Waals surface area contributed by atoms with Crippen molar-refractivity contribution in [2.75, 3.05) is 13.1 Å². The van der Waals surface area contributed by atoms with Gasteiger partial charge in [-0.2, -0.15) is 0 Å². The van der Waals surface area contributed by atoms with E-state index in [-0.39, 0.29) is 12.4 Å². The molecule has 0 bridgehead atoms. The van der Waals surface area contributed by atoms with Gasteiger partial charge in [-0.15, -0.1) is 12.4 Å². The minimum Gasteiger partial charge on any atom is -0.330 e. The summed E-state index contributed by atoms with van der Waals surface area (Å²) in [7, 11) is 0. The standard InChI is InChI=1S/C10H16N2.ClH/c11-7-5-9-1-2-10(4-3-9)6-8-12;/h1-4H,5-8,11-12H2;1H. The van der Waals surface area contributed by atoms with E-state index in [1.165, 1.54) is 11.1 Å². The largest absolute Gasteiger partial charge is 0.330 e. The van der Waals surface area contributed by atoms with Crippen LogP contribution in [0.2, 0.25) is 0 Å². The van der Waals surface area contributed by atoms with Crippen molar-refractivity contribution in [1.29, 1.82) is 0 Å². The summed E-state index contributed by atoms with van der Waals surface area (Å²) < 4.78 is 0. The molecule has 13 heavy (non-hydrogen) atoms. The summed E-state index contributed by atoms with van der Waals surface area (Å²) in [6, 6.07) is 8.49. The number of hydrogen-bond acceptors (Lipinski definition) is 2. The van der Waals surface area contributed by atoms with Gasteiger partial charge in [0.05, 0.1) is 0 Å². The summed E-state index contributed by atoms with van der Waals surface area (Å²) in [6.07, 6.45) is 1.92. The molecule has 4 N–H and O–H groups in total. The van der Waals surface area contributed by atoms with Gasteiger partial charge in [0.15, 0.2) is 0 Å². The van der Waals surface area contributed by atoms with Gasteiger partial charge in [0.2, 0.25) is 0 Å². The van der Waals surface area contributed by atoms with Crippen LogP contribution in [0.1, 0.15) is 11.1 Å². The Bertz CT molecular complexity index is 196. The average molecular weight is 201 g/mol. The summed E-state index contributed by atoms with van der Waals surface area (Å²) in [5, 5.41) is 0. The van der Waals surface area contributed by atoms with Crippen molar-refractivity contribution in [3.05, 3.63) is 35.4 Å². The van der Waals surface area contributed by atoms with E-state index in [1.807, 2.05) is 0 Å². The van der Waals surface area contributed by atoms with Crippen molar-refractivity contribution in [2.24, 2.45) is 11.5 Å². The van der Waals surface area contributed by atoms with E-state index >= 15 is 0 Å². The van der Waals surface area contributed by atoms with Gasteiger partial charge in [-0.25, -0.2) is 0 Å². The van der Waals surface area contributed by atoms with Crippen LogP contribution in [0, 0.1) is 0 Å². The second-order valence-electron chi connectivity index (χ2n) is 2.89. The lowest BCUT2D eigenvalue weighted by Gasteiger charge is -2.01. The molecule has 0 aliphatic carbocycles. The van der Waals surface area contributed by atoms with Crippen molar-refractivity contribution < 1.29 is 0 Å². The summed E-state index contributed by atoms with van der Waals surface area (Å²) >= 11 is 0. The molecule has 74 valence electrons. The third-order valence-electron chi connectivity index (χ3n) is 1.89. The number of halogens is 1. The van der Waals surface area contributed by atoms with E-state index in [4.69, 9.17) is 11.5 Å². The Labute approximate surface area is 85.7 Å². The number of nitrogens with two attached hydrogens (primary N) is 2. The topological polar surface area (TPSA) is 52.0 Å². The zero-order valence-electron chi connectivity index (χ0n) is 7.70. The average Bonchev–Trinajstić information content (AvgIpc) is 2.09. The summed E-state index contributed by atoms with van der Waals surface area (Å²) in [6.45, 7) is 1.44. The van der Waals surface area contributed by atoms with Crippen LogP contribution in [0.15, 0.2) is 24.3 Å². The second kappa shape index (κ2) is 6.89. The van der Waals surface area contributed by atoms with Gasteiger partial charge in [-0.05, 0) is 37.1 Å². The summed E-state index contributed by atoms with van der Waals surface area (Å²) in [5.74, 6) is 0. The van der Waals surface area contributed by atoms with Crippen molar-refractivity contribution in [1.82, 2.24) is 0 Å². The molecular formula is C10H17ClN2. The Balaban J connectivity index is 0.00000144. The molecule has 0 saturated heterocycles. The Morgan fingerprint density at radius 1 is 0.769 bits per heavy atom. The van der Waals surface area contributed by atoms with Gasteiger partial charge in [0, 0.05) is 0 Å². The molecule has 1 aromatic rings. The summed E-state index contributed by atoms with van der Waals surface area (Å²) in [5.41, 5.74) is 13.5. The maximum atomic E-state index is 5.44. The zero-order valence-corrected chi connectivity index (χ0v) is 8.52. The molecule has 3 heteroatoms. The molecule has 0 amide bonds. The second-order valence-corrected chi connectivity index (χ2v) is 2.89. The third-order valence-corrected chi connectivity index (χ3v) is 1.89. The van der Waals surface area contributed by atoms with Crippen LogP contribution < -0.4 is 11.5 Å². The van der Waals surface area contributed by atoms with Crippen LogP contribution in [-0.2, 0) is 12.8 Å². The quantitative estimate of drug-likeness (QED) is 0.765. The highest BCUT2D eigenvalue weighted by Gasteiger charge is 1.92. The van der Waals surface area contributed by atoms with Crippen molar-refractivity contribution in [3.8, 4) is 0 Å². The molecule has 1 aromatic carbocycles. The minimum atomic E-state index is 0. The monoisotopic (exact) mass is 200 g/mol. The molecule has 0 aliphatic heterocycles. The molecule has 2 nitrogen and oxygen atoms in total. The van der Waals surface area contributed by atoms with Crippen LogP contribution in [0.25, 0.3) is 0 Å². The van der Waals surface area contributed by atoms with Gasteiger partial charge in [0.1, 0.15) is 0 Å². The van der Waals surface area contributed by atoms with Crippen molar-refractivity contribution >= 4 is 12.4 Å². The fraction of sp³-hybridized carbons (Fsp3) is 0.400. The first-order chi connectivity index (χ1) is 5.86. The van der Waals surface area contributed by atoms with E-state index in [2.05, 4.69) is 24.3 Å². The van der Waals surface area contributed by atoms with Crippen LogP contribution in [0.5, 0.6) is 0 Å². The van der Waals surface area contributed by atoms with E-state index < -0.39 is 0 Å². The first-order valence-corrected chi connectivity index (χ1v) is 4.34. The highest BCUT2D eigenvalue weighted by atomic mass is 35.5. The summed E-state index contributed by atoms with van der Waals surface area (Å²) in [4.78, 5) is 0. The Kier molecular flexibility index (Phi) is 6.59. The van der Waals surface area contributed by atoms with Gasteiger partial charge in [-0.3, -0.25) is 0 Å². The molecule has 0 fully saturated rings. The van der Waals surface area contributed by atoms with E-state index in [0.717, 1.165) is 25.9 Å². The molecule has 0 unspecified atom stereocenters. The molecule has 0 heterocycles. The van der Waals surface area contributed by atoms with Crippen LogP contribution in [-0.4, -0.2) is 13.1 Å².